The van der Waals surface area contributed by atoms with Crippen LogP contribution >= 0.6 is 11.6 Å². The topological polar surface area (TPSA) is 50.4 Å². The van der Waals surface area contributed by atoms with Crippen molar-refractivity contribution in [1.29, 1.82) is 0 Å². The lowest BCUT2D eigenvalue weighted by Gasteiger charge is -2.29. The Bertz CT molecular complexity index is 722. The summed E-state index contributed by atoms with van der Waals surface area (Å²) in [6, 6.07) is 9.62. The molecule has 0 aliphatic carbocycles. The Morgan fingerprint density at radius 3 is 2.42 bits per heavy atom. The van der Waals surface area contributed by atoms with E-state index >= 15 is 0 Å². The van der Waals surface area contributed by atoms with Crippen LogP contribution in [-0.2, 0) is 10.3 Å². The lowest BCUT2D eigenvalue weighted by molar-refractivity contribution is 0.00521. The van der Waals surface area contributed by atoms with Crippen molar-refractivity contribution < 1.29 is 18.3 Å². The van der Waals surface area contributed by atoms with E-state index in [2.05, 4.69) is 10.6 Å². The zero-order valence-corrected chi connectivity index (χ0v) is 14.0. The average molecular weight is 355 g/mol. The number of nitrogens with one attached hydrogen (secondary N) is 2. The third-order valence-electron chi connectivity index (χ3n) is 3.67. The van der Waals surface area contributed by atoms with E-state index in [-0.39, 0.29) is 6.54 Å². The number of urea groups is 1. The minimum absolute atomic E-state index is 0.0751. The van der Waals surface area contributed by atoms with Crippen LogP contribution in [0.5, 0.6) is 0 Å². The zero-order chi connectivity index (χ0) is 17.7. The summed E-state index contributed by atoms with van der Waals surface area (Å²) in [5, 5.41) is 5.24. The van der Waals surface area contributed by atoms with Crippen LogP contribution in [0.3, 0.4) is 0 Å². The standard InChI is InChI=1S/C17H17ClF2N2O2/c1-17(24-2,11-5-3-6-12(18)9-11)10-21-16(23)22-15-13(19)7-4-8-14(15)20/h3-9H,10H2,1-2H3,(H2,21,22,23)/t17-/m0/s1. The van der Waals surface area contributed by atoms with Crippen molar-refractivity contribution in [1.82, 2.24) is 5.32 Å². The Balaban J connectivity index is 2.06. The van der Waals surface area contributed by atoms with Crippen LogP contribution in [0.15, 0.2) is 42.5 Å². The molecular weight excluding hydrogens is 338 g/mol. The molecule has 2 amide bonds. The van der Waals surface area contributed by atoms with Gasteiger partial charge in [-0.2, -0.15) is 0 Å². The van der Waals surface area contributed by atoms with Crippen molar-refractivity contribution >= 4 is 23.3 Å². The molecule has 0 bridgehead atoms. The van der Waals surface area contributed by atoms with Crippen molar-refractivity contribution in [2.45, 2.75) is 12.5 Å². The minimum Gasteiger partial charge on any atom is -0.372 e. The highest BCUT2D eigenvalue weighted by atomic mass is 35.5. The van der Waals surface area contributed by atoms with E-state index in [0.29, 0.717) is 5.02 Å². The number of benzene rings is 2. The van der Waals surface area contributed by atoms with E-state index in [4.69, 9.17) is 16.3 Å². The number of hydrogen-bond donors (Lipinski definition) is 2. The molecule has 7 heteroatoms. The molecule has 2 aromatic rings. The third kappa shape index (κ3) is 4.21. The highest BCUT2D eigenvalue weighted by Gasteiger charge is 2.27. The number of methoxy groups -OCH3 is 1. The molecule has 24 heavy (non-hydrogen) atoms. The van der Waals surface area contributed by atoms with Gasteiger partial charge in [0.2, 0.25) is 0 Å². The molecule has 0 radical (unpaired) electrons. The molecule has 0 aliphatic heterocycles. The van der Waals surface area contributed by atoms with Crippen molar-refractivity contribution in [3.8, 4) is 0 Å². The molecule has 0 saturated heterocycles. The number of rotatable bonds is 5. The number of hydrogen-bond acceptors (Lipinski definition) is 2. The van der Waals surface area contributed by atoms with Crippen LogP contribution in [0.2, 0.25) is 5.02 Å². The Labute approximate surface area is 143 Å². The van der Waals surface area contributed by atoms with Gasteiger partial charge in [0.25, 0.3) is 0 Å². The van der Waals surface area contributed by atoms with Crippen LogP contribution in [0.1, 0.15) is 12.5 Å². The van der Waals surface area contributed by atoms with E-state index in [1.165, 1.54) is 13.2 Å². The quantitative estimate of drug-likeness (QED) is 0.841. The third-order valence-corrected chi connectivity index (χ3v) is 3.91. The Morgan fingerprint density at radius 2 is 1.83 bits per heavy atom. The Morgan fingerprint density at radius 1 is 1.21 bits per heavy atom. The molecule has 0 fully saturated rings. The first-order valence-corrected chi connectivity index (χ1v) is 7.53. The van der Waals surface area contributed by atoms with Crippen molar-refractivity contribution in [2.75, 3.05) is 19.0 Å². The second-order valence-electron chi connectivity index (χ2n) is 5.35. The fourth-order valence-corrected chi connectivity index (χ4v) is 2.32. The van der Waals surface area contributed by atoms with Gasteiger partial charge in [-0.25, -0.2) is 13.6 Å². The molecule has 0 aromatic heterocycles. The van der Waals surface area contributed by atoms with Gasteiger partial charge in [0.15, 0.2) is 0 Å². The summed E-state index contributed by atoms with van der Waals surface area (Å²) in [5.41, 5.74) is -0.595. The normalized spacial score (nSPS) is 13.2. The molecule has 1 atom stereocenters. The lowest BCUT2D eigenvalue weighted by atomic mass is 9.96. The molecule has 0 saturated carbocycles. The van der Waals surface area contributed by atoms with E-state index in [9.17, 15) is 13.6 Å². The van der Waals surface area contributed by atoms with Crippen molar-refractivity contribution in [3.05, 3.63) is 64.7 Å². The monoisotopic (exact) mass is 354 g/mol. The van der Waals surface area contributed by atoms with Gasteiger partial charge in [0.1, 0.15) is 22.9 Å². The molecule has 2 N–H and O–H groups in total. The second-order valence-corrected chi connectivity index (χ2v) is 5.79. The fourth-order valence-electron chi connectivity index (χ4n) is 2.13. The van der Waals surface area contributed by atoms with Crippen molar-refractivity contribution in [2.24, 2.45) is 0 Å². The Kier molecular flexibility index (Phi) is 5.75. The van der Waals surface area contributed by atoms with Crippen LogP contribution < -0.4 is 10.6 Å². The van der Waals surface area contributed by atoms with Gasteiger partial charge in [0, 0.05) is 12.1 Å². The van der Waals surface area contributed by atoms with Crippen LogP contribution in [0, 0.1) is 11.6 Å². The minimum atomic E-state index is -0.852. The highest BCUT2D eigenvalue weighted by molar-refractivity contribution is 6.30. The maximum Gasteiger partial charge on any atom is 0.319 e. The SMILES string of the molecule is CO[C@@](C)(CNC(=O)Nc1c(F)cccc1F)c1cccc(Cl)c1. The summed E-state index contributed by atoms with van der Waals surface area (Å²) in [7, 11) is 1.50. The second kappa shape index (κ2) is 7.59. The number of ether oxygens (including phenoxy) is 1. The van der Waals surface area contributed by atoms with E-state index < -0.39 is 29.0 Å². The van der Waals surface area contributed by atoms with Crippen LogP contribution in [0.4, 0.5) is 19.3 Å². The molecule has 0 unspecified atom stereocenters. The molecule has 128 valence electrons. The summed E-state index contributed by atoms with van der Waals surface area (Å²) >= 11 is 5.97. The van der Waals surface area contributed by atoms with Gasteiger partial charge in [0.05, 0.1) is 6.54 Å². The van der Waals surface area contributed by atoms with Crippen molar-refractivity contribution in [3.63, 3.8) is 0 Å². The zero-order valence-electron chi connectivity index (χ0n) is 13.2. The number of carbonyl (C=O) groups excluding carboxylic acids is 1. The fraction of sp³-hybridized carbons (Fsp3) is 0.235. The maximum atomic E-state index is 13.5. The predicted molar refractivity (Wildman–Crippen MR) is 89.2 cm³/mol. The summed E-state index contributed by atoms with van der Waals surface area (Å²) < 4.78 is 32.6. The Hall–Kier alpha value is -2.18. The predicted octanol–water partition coefficient (Wildman–Crippen LogP) is 4.30. The van der Waals surface area contributed by atoms with E-state index in [0.717, 1.165) is 17.7 Å². The highest BCUT2D eigenvalue weighted by Crippen LogP contribution is 2.26. The van der Waals surface area contributed by atoms with E-state index in [1.54, 1.807) is 25.1 Å². The summed E-state index contributed by atoms with van der Waals surface area (Å²) in [6.45, 7) is 1.84. The first-order valence-electron chi connectivity index (χ1n) is 7.16. The number of carbonyl (C=O) groups is 1. The number of halogens is 3. The smallest absolute Gasteiger partial charge is 0.319 e. The number of para-hydroxylation sites is 1. The van der Waals surface area contributed by atoms with Gasteiger partial charge in [-0.05, 0) is 36.8 Å². The van der Waals surface area contributed by atoms with Gasteiger partial charge in [-0.1, -0.05) is 29.8 Å². The molecule has 4 nitrogen and oxygen atoms in total. The summed E-state index contributed by atoms with van der Waals surface area (Å²) in [4.78, 5) is 11.9. The average Bonchev–Trinajstić information content (AvgIpc) is 2.56. The first kappa shape index (κ1) is 18.2. The lowest BCUT2D eigenvalue weighted by Crippen LogP contribution is -2.42. The van der Waals surface area contributed by atoms with Crippen LogP contribution in [-0.4, -0.2) is 19.7 Å². The van der Waals surface area contributed by atoms with Gasteiger partial charge >= 0.3 is 6.03 Å². The first-order chi connectivity index (χ1) is 11.4. The van der Waals surface area contributed by atoms with E-state index in [1.807, 2.05) is 6.07 Å². The number of anilines is 1. The van der Waals surface area contributed by atoms with Gasteiger partial charge in [-0.3, -0.25) is 0 Å². The maximum absolute atomic E-state index is 13.5. The molecule has 2 aromatic carbocycles. The largest absolute Gasteiger partial charge is 0.372 e. The van der Waals surface area contributed by atoms with Gasteiger partial charge in [-0.15, -0.1) is 0 Å². The van der Waals surface area contributed by atoms with Gasteiger partial charge < -0.3 is 15.4 Å². The molecule has 0 aliphatic rings. The van der Waals surface area contributed by atoms with Crippen LogP contribution in [0.25, 0.3) is 0 Å². The molecular formula is C17H17ClF2N2O2. The molecule has 0 heterocycles. The molecule has 0 spiro atoms. The summed E-state index contributed by atoms with van der Waals surface area (Å²) in [5.74, 6) is -1.70. The number of amides is 2. The molecule has 2 rings (SSSR count). The summed E-state index contributed by atoms with van der Waals surface area (Å²) in [6.07, 6.45) is 0.